The Balaban J connectivity index is 1.87. The molecule has 0 fully saturated rings. The van der Waals surface area contributed by atoms with Gasteiger partial charge in [-0.2, -0.15) is 0 Å². The van der Waals surface area contributed by atoms with Crippen LogP contribution in [0.5, 0.6) is 0 Å². The van der Waals surface area contributed by atoms with Gasteiger partial charge in [0, 0.05) is 19.2 Å². The van der Waals surface area contributed by atoms with E-state index in [0.29, 0.717) is 0 Å². The zero-order chi connectivity index (χ0) is 11.4. The second-order valence-electron chi connectivity index (χ2n) is 3.96. The normalized spacial score (nSPS) is 10.6. The van der Waals surface area contributed by atoms with Crippen LogP contribution in [0.4, 0.5) is 0 Å². The summed E-state index contributed by atoms with van der Waals surface area (Å²) in [5.41, 5.74) is 3.58. The third-order valence-corrected chi connectivity index (χ3v) is 2.56. The van der Waals surface area contributed by atoms with Gasteiger partial charge < -0.3 is 9.84 Å². The van der Waals surface area contributed by atoms with E-state index in [1.807, 2.05) is 13.0 Å². The molecule has 84 valence electrons. The minimum atomic E-state index is 0.742. The highest BCUT2D eigenvalue weighted by Crippen LogP contribution is 2.07. The van der Waals surface area contributed by atoms with Gasteiger partial charge in [-0.05, 0) is 25.0 Å². The molecular weight excluding hydrogens is 200 g/mol. The number of hydrogen-bond donors (Lipinski definition) is 1. The first-order valence-electron chi connectivity index (χ1n) is 5.43. The lowest BCUT2D eigenvalue weighted by Gasteiger charge is -2.05. The third kappa shape index (κ3) is 2.70. The van der Waals surface area contributed by atoms with E-state index in [-0.39, 0.29) is 0 Å². The van der Waals surface area contributed by atoms with Crippen LogP contribution in [0.2, 0.25) is 0 Å². The van der Waals surface area contributed by atoms with Crippen LogP contribution in [0.1, 0.15) is 22.6 Å². The van der Waals surface area contributed by atoms with E-state index >= 15 is 0 Å². The average molecular weight is 216 g/mol. The maximum absolute atomic E-state index is 5.00. The lowest BCUT2D eigenvalue weighted by molar-refractivity contribution is 0.388. The van der Waals surface area contributed by atoms with Gasteiger partial charge in [0.25, 0.3) is 0 Å². The quantitative estimate of drug-likeness (QED) is 0.853. The predicted molar refractivity (Wildman–Crippen MR) is 63.0 cm³/mol. The number of rotatable bonds is 4. The molecule has 0 aliphatic rings. The summed E-state index contributed by atoms with van der Waals surface area (Å²) in [4.78, 5) is 0. The highest BCUT2D eigenvalue weighted by molar-refractivity contribution is 5.25. The minimum absolute atomic E-state index is 0.742. The van der Waals surface area contributed by atoms with Crippen molar-refractivity contribution in [2.75, 3.05) is 0 Å². The second kappa shape index (κ2) is 4.94. The van der Waals surface area contributed by atoms with Gasteiger partial charge in [-0.1, -0.05) is 29.4 Å². The number of benzene rings is 1. The molecule has 16 heavy (non-hydrogen) atoms. The van der Waals surface area contributed by atoms with Crippen molar-refractivity contribution in [1.29, 1.82) is 0 Å². The van der Waals surface area contributed by atoms with E-state index in [1.54, 1.807) is 0 Å². The van der Waals surface area contributed by atoms with Gasteiger partial charge in [0.05, 0.1) is 5.69 Å². The van der Waals surface area contributed by atoms with Gasteiger partial charge in [0.2, 0.25) is 0 Å². The van der Waals surface area contributed by atoms with E-state index in [0.717, 1.165) is 24.5 Å². The van der Waals surface area contributed by atoms with E-state index in [4.69, 9.17) is 4.52 Å². The summed E-state index contributed by atoms with van der Waals surface area (Å²) in [7, 11) is 0. The van der Waals surface area contributed by atoms with Crippen molar-refractivity contribution in [2.45, 2.75) is 26.9 Å². The monoisotopic (exact) mass is 216 g/mol. The average Bonchev–Trinajstić information content (AvgIpc) is 2.67. The fourth-order valence-corrected chi connectivity index (χ4v) is 1.63. The van der Waals surface area contributed by atoms with Gasteiger partial charge in [0.1, 0.15) is 5.76 Å². The van der Waals surface area contributed by atoms with Gasteiger partial charge in [0.15, 0.2) is 0 Å². The Labute approximate surface area is 95.5 Å². The maximum atomic E-state index is 5.00. The summed E-state index contributed by atoms with van der Waals surface area (Å²) in [6, 6.07) is 10.3. The van der Waals surface area contributed by atoms with Crippen molar-refractivity contribution in [3.63, 3.8) is 0 Å². The van der Waals surface area contributed by atoms with Crippen LogP contribution >= 0.6 is 0 Å². The van der Waals surface area contributed by atoms with Crippen molar-refractivity contribution in [3.05, 3.63) is 52.9 Å². The minimum Gasteiger partial charge on any atom is -0.361 e. The standard InChI is InChI=1S/C13H16N2O/c1-10-5-3-4-6-12(10)8-14-9-13-7-11(2)16-15-13/h3-7,14H,8-9H2,1-2H3. The Morgan fingerprint density at radius 2 is 2.00 bits per heavy atom. The summed E-state index contributed by atoms with van der Waals surface area (Å²) >= 11 is 0. The van der Waals surface area contributed by atoms with E-state index in [1.165, 1.54) is 11.1 Å². The Morgan fingerprint density at radius 3 is 2.69 bits per heavy atom. The van der Waals surface area contributed by atoms with E-state index in [9.17, 15) is 0 Å². The summed E-state index contributed by atoms with van der Waals surface area (Å²) in [6.07, 6.45) is 0. The highest BCUT2D eigenvalue weighted by atomic mass is 16.5. The first kappa shape index (κ1) is 10.9. The zero-order valence-corrected chi connectivity index (χ0v) is 9.66. The van der Waals surface area contributed by atoms with E-state index in [2.05, 4.69) is 41.7 Å². The van der Waals surface area contributed by atoms with Gasteiger partial charge in [-0.3, -0.25) is 0 Å². The molecule has 3 heteroatoms. The summed E-state index contributed by atoms with van der Waals surface area (Å²) in [5, 5.41) is 7.28. The van der Waals surface area contributed by atoms with Gasteiger partial charge in [-0.15, -0.1) is 0 Å². The van der Waals surface area contributed by atoms with Crippen LogP contribution in [-0.4, -0.2) is 5.16 Å². The molecule has 0 bridgehead atoms. The molecular formula is C13H16N2O. The SMILES string of the molecule is Cc1cc(CNCc2ccccc2C)no1. The Hall–Kier alpha value is -1.61. The maximum Gasteiger partial charge on any atom is 0.133 e. The fourth-order valence-electron chi connectivity index (χ4n) is 1.63. The molecule has 0 aliphatic heterocycles. The van der Waals surface area contributed by atoms with Crippen LogP contribution in [0.3, 0.4) is 0 Å². The van der Waals surface area contributed by atoms with Gasteiger partial charge in [-0.25, -0.2) is 0 Å². The topological polar surface area (TPSA) is 38.1 Å². The lowest BCUT2D eigenvalue weighted by Crippen LogP contribution is -2.13. The molecule has 1 aromatic carbocycles. The van der Waals surface area contributed by atoms with Crippen LogP contribution < -0.4 is 5.32 Å². The van der Waals surface area contributed by atoms with Crippen molar-refractivity contribution in [1.82, 2.24) is 10.5 Å². The molecule has 1 aromatic heterocycles. The van der Waals surface area contributed by atoms with Gasteiger partial charge >= 0.3 is 0 Å². The summed E-state index contributed by atoms with van der Waals surface area (Å²) < 4.78 is 5.00. The number of nitrogens with one attached hydrogen (secondary N) is 1. The molecule has 1 N–H and O–H groups in total. The van der Waals surface area contributed by atoms with Crippen LogP contribution in [0.25, 0.3) is 0 Å². The summed E-state index contributed by atoms with van der Waals surface area (Å²) in [6.45, 7) is 5.62. The van der Waals surface area contributed by atoms with Crippen molar-refractivity contribution in [3.8, 4) is 0 Å². The molecule has 1 heterocycles. The number of nitrogens with zero attached hydrogens (tertiary/aromatic N) is 1. The lowest BCUT2D eigenvalue weighted by atomic mass is 10.1. The summed E-state index contributed by atoms with van der Waals surface area (Å²) in [5.74, 6) is 0.854. The van der Waals surface area contributed by atoms with Crippen molar-refractivity contribution >= 4 is 0 Å². The second-order valence-corrected chi connectivity index (χ2v) is 3.96. The largest absolute Gasteiger partial charge is 0.361 e. The Morgan fingerprint density at radius 1 is 1.19 bits per heavy atom. The molecule has 2 rings (SSSR count). The molecule has 0 aliphatic carbocycles. The molecule has 0 saturated carbocycles. The number of hydrogen-bond acceptors (Lipinski definition) is 3. The third-order valence-electron chi connectivity index (χ3n) is 2.56. The van der Waals surface area contributed by atoms with Crippen molar-refractivity contribution in [2.24, 2.45) is 0 Å². The first-order valence-corrected chi connectivity index (χ1v) is 5.43. The van der Waals surface area contributed by atoms with Crippen LogP contribution in [0, 0.1) is 13.8 Å². The van der Waals surface area contributed by atoms with Crippen LogP contribution in [-0.2, 0) is 13.1 Å². The number of aryl methyl sites for hydroxylation is 2. The molecule has 3 nitrogen and oxygen atoms in total. The predicted octanol–water partition coefficient (Wildman–Crippen LogP) is 2.58. The first-order chi connectivity index (χ1) is 7.75. The zero-order valence-electron chi connectivity index (χ0n) is 9.66. The molecule has 0 saturated heterocycles. The number of aromatic nitrogens is 1. The Bertz CT molecular complexity index is 462. The van der Waals surface area contributed by atoms with E-state index < -0.39 is 0 Å². The van der Waals surface area contributed by atoms with Crippen molar-refractivity contribution < 1.29 is 4.52 Å². The van der Waals surface area contributed by atoms with Crippen LogP contribution in [0.15, 0.2) is 34.9 Å². The Kier molecular flexibility index (Phi) is 3.37. The molecule has 0 unspecified atom stereocenters. The molecule has 0 radical (unpaired) electrons. The molecule has 2 aromatic rings. The highest BCUT2D eigenvalue weighted by Gasteiger charge is 2.00. The smallest absolute Gasteiger partial charge is 0.133 e. The molecule has 0 atom stereocenters. The molecule has 0 amide bonds. The molecule has 0 spiro atoms. The fraction of sp³-hybridized carbons (Fsp3) is 0.308.